The zero-order valence-electron chi connectivity index (χ0n) is 29.2. The molecule has 19 nitrogen and oxygen atoms in total. The van der Waals surface area contributed by atoms with E-state index in [1.807, 2.05) is 0 Å². The number of hydrogen-bond acceptors (Lipinski definition) is 15. The average molecular weight is 798 g/mol. The zero-order valence-corrected chi connectivity index (χ0v) is 31.6. The van der Waals surface area contributed by atoms with Crippen molar-refractivity contribution in [3.8, 4) is 0 Å². The second kappa shape index (κ2) is 17.3. The summed E-state index contributed by atoms with van der Waals surface area (Å²) in [5.41, 5.74) is 6.44. The molecule has 1 aromatic rings. The van der Waals surface area contributed by atoms with Crippen molar-refractivity contribution in [1.29, 1.82) is 5.41 Å². The van der Waals surface area contributed by atoms with Gasteiger partial charge in [0.1, 0.15) is 36.5 Å². The third-order valence-corrected chi connectivity index (χ3v) is 12.6. The van der Waals surface area contributed by atoms with Crippen molar-refractivity contribution in [2.75, 3.05) is 57.6 Å². The van der Waals surface area contributed by atoms with Crippen LogP contribution >= 0.6 is 34.9 Å². The van der Waals surface area contributed by atoms with E-state index in [4.69, 9.17) is 16.0 Å². The maximum absolute atomic E-state index is 12.9. The number of oxime groups is 1. The third-order valence-electron chi connectivity index (χ3n) is 9.42. The number of aromatic nitrogens is 1. The van der Waals surface area contributed by atoms with Crippen LogP contribution in [0.15, 0.2) is 32.4 Å². The van der Waals surface area contributed by atoms with Gasteiger partial charge < -0.3 is 56.2 Å². The summed E-state index contributed by atoms with van der Waals surface area (Å²) in [6.07, 6.45) is 3.02. The molecule has 22 heteroatoms. The smallest absolute Gasteiger partial charge is 0.353 e. The van der Waals surface area contributed by atoms with E-state index in [1.165, 1.54) is 40.4 Å². The van der Waals surface area contributed by atoms with E-state index in [9.17, 15) is 39.3 Å². The molecule has 6 rings (SSSR count). The largest absolute Gasteiger partial charge is 0.543 e. The van der Waals surface area contributed by atoms with Gasteiger partial charge in [-0.3, -0.25) is 24.7 Å². The lowest BCUT2D eigenvalue weighted by atomic mass is 9.83. The topological polar surface area (TPSA) is 295 Å². The summed E-state index contributed by atoms with van der Waals surface area (Å²) in [6, 6.07) is -1.12. The van der Waals surface area contributed by atoms with Crippen LogP contribution in [-0.2, 0) is 28.8 Å². The number of amides is 3. The van der Waals surface area contributed by atoms with Crippen LogP contribution in [0.5, 0.6) is 0 Å². The molecular weight excluding hydrogens is 755 g/mol. The maximum atomic E-state index is 12.9. The van der Waals surface area contributed by atoms with E-state index < -0.39 is 47.2 Å². The molecule has 3 fully saturated rings. The molecule has 0 radical (unpaired) electrons. The minimum atomic E-state index is -1.37. The number of anilines is 1. The minimum absolute atomic E-state index is 0. The number of likely N-dealkylation sites (tertiary alicyclic amines) is 1. The van der Waals surface area contributed by atoms with Crippen LogP contribution in [0, 0.1) is 11.3 Å². The number of nitrogens with two attached hydrogens (primary N) is 1. The standard InChI is InChI=1S/C19H24N6O5S2.C12H17N3O4S.H2O/c1-25(5-3-4-6-25)7-10-8-31-17-13(16(27)24(17)14(10)18(28)29)22-15(26)12(23-30-2)11-9-32-19(20)21-11;1-6(16)9-7-4-8(20-3-2-14-5-13)10(12(18)19)15(7)11(9)17;/h9,13,17H,3-8H2,1-2H3,(H3-,20,21,22,26,28,29);5-7,9,16H,2-4H2,1H3,(H2,13,14)(H,18,19);1H2/b23-12-;;/t13-,17-;6-,7-,9-;/m11./s1. The number of quaternary nitrogens is 1. The van der Waals surface area contributed by atoms with Crippen LogP contribution in [0.25, 0.3) is 0 Å². The number of nitrogen functional groups attached to an aromatic ring is 1. The Morgan fingerprint density at radius 1 is 1.26 bits per heavy atom. The first-order valence-electron chi connectivity index (χ1n) is 16.4. The zero-order chi connectivity index (χ0) is 37.9. The molecule has 5 atom stereocenters. The van der Waals surface area contributed by atoms with Crippen LogP contribution in [-0.4, -0.2) is 152 Å². The molecule has 6 heterocycles. The van der Waals surface area contributed by atoms with Gasteiger partial charge >= 0.3 is 5.97 Å². The van der Waals surface area contributed by atoms with Gasteiger partial charge in [0, 0.05) is 53.2 Å². The van der Waals surface area contributed by atoms with Crippen LogP contribution in [0.2, 0.25) is 0 Å². The molecule has 0 spiro atoms. The Balaban J connectivity index is 0.000000258. The molecule has 9 N–H and O–H groups in total. The van der Waals surface area contributed by atoms with Crippen molar-refractivity contribution in [3.05, 3.63) is 32.9 Å². The first-order valence-corrected chi connectivity index (χ1v) is 19.3. The van der Waals surface area contributed by atoms with Gasteiger partial charge in [-0.15, -0.1) is 34.9 Å². The highest BCUT2D eigenvalue weighted by atomic mass is 32.2. The highest BCUT2D eigenvalue weighted by molar-refractivity contribution is 8.03. The number of hydrogen-bond donors (Lipinski definition) is 6. The van der Waals surface area contributed by atoms with E-state index in [-0.39, 0.29) is 45.4 Å². The van der Waals surface area contributed by atoms with Gasteiger partial charge in [-0.05, 0) is 6.92 Å². The predicted molar refractivity (Wildman–Crippen MR) is 195 cm³/mol. The Kier molecular flexibility index (Phi) is 13.5. The molecule has 3 amide bonds. The molecule has 5 aliphatic rings. The molecule has 3 saturated heterocycles. The van der Waals surface area contributed by atoms with E-state index in [0.717, 1.165) is 48.1 Å². The molecule has 0 bridgehead atoms. The first kappa shape index (κ1) is 41.5. The van der Waals surface area contributed by atoms with Gasteiger partial charge in [0.05, 0.1) is 56.2 Å². The van der Waals surface area contributed by atoms with E-state index in [0.29, 0.717) is 41.5 Å². The summed E-state index contributed by atoms with van der Waals surface area (Å²) in [6.45, 7) is 4.64. The van der Waals surface area contributed by atoms with Crippen LogP contribution < -0.4 is 21.5 Å². The van der Waals surface area contributed by atoms with E-state index in [1.54, 1.807) is 12.3 Å². The van der Waals surface area contributed by atoms with Crippen molar-refractivity contribution >= 4 is 81.7 Å². The van der Waals surface area contributed by atoms with Gasteiger partial charge in [-0.25, -0.2) is 9.78 Å². The molecule has 0 unspecified atom stereocenters. The van der Waals surface area contributed by atoms with Crippen molar-refractivity contribution < 1.29 is 54.1 Å². The summed E-state index contributed by atoms with van der Waals surface area (Å²) in [7, 11) is 3.39. The number of carbonyl (C=O) groups is 5. The Morgan fingerprint density at radius 3 is 2.53 bits per heavy atom. The number of aliphatic hydroxyl groups is 1. The fourth-order valence-electron chi connectivity index (χ4n) is 7.08. The molecule has 53 heavy (non-hydrogen) atoms. The number of likely N-dealkylation sites (N-methyl/N-ethyl adjacent to an activating group) is 1. The summed E-state index contributed by atoms with van der Waals surface area (Å²) >= 11 is 3.95. The number of aliphatic carboxylic acids is 2. The molecule has 1 aromatic heterocycles. The highest BCUT2D eigenvalue weighted by Crippen LogP contribution is 2.47. The summed E-state index contributed by atoms with van der Waals surface area (Å²) in [5, 5.41) is 48.0. The Labute approximate surface area is 317 Å². The number of rotatable bonds is 14. The number of aliphatic hydroxyl groups excluding tert-OH is 1. The van der Waals surface area contributed by atoms with Crippen LogP contribution in [0.3, 0.4) is 0 Å². The molecule has 5 aliphatic heterocycles. The van der Waals surface area contributed by atoms with Crippen LogP contribution in [0.1, 0.15) is 31.9 Å². The fourth-order valence-corrected chi connectivity index (χ4v) is 10.0. The average Bonchev–Trinajstić information content (AvgIpc) is 3.81. The lowest BCUT2D eigenvalue weighted by molar-refractivity contribution is -0.893. The lowest BCUT2D eigenvalue weighted by Crippen LogP contribution is -2.71. The lowest BCUT2D eigenvalue weighted by Gasteiger charge is -2.51. The molecular formula is C31H43N9O10S3. The SMILES string of the molecule is CO/N=C(\C(=O)N[C@@H]1C(=O)N2C(C(=O)[O-])=C(C[N+]3(C)CCCC3)CS[C@H]12)c1csc(N)n1.C[C@@H](O)[C@H]1C(=O)N2C(C(=O)O)=C(SCCNC=N)C[C@H]12.O. The highest BCUT2D eigenvalue weighted by Gasteiger charge is 2.57. The first-order chi connectivity index (χ1) is 24.7. The Hall–Kier alpha value is -4.22. The normalized spacial score (nSPS) is 24.8. The Morgan fingerprint density at radius 2 is 1.96 bits per heavy atom. The monoisotopic (exact) mass is 797 g/mol. The number of nitrogens with zero attached hydrogens (tertiary/aromatic N) is 5. The second-order valence-electron chi connectivity index (χ2n) is 13.0. The molecule has 0 saturated carbocycles. The predicted octanol–water partition coefficient (Wildman–Crippen LogP) is -2.28. The van der Waals surface area contributed by atoms with Crippen molar-refractivity contribution in [3.63, 3.8) is 0 Å². The van der Waals surface area contributed by atoms with Gasteiger partial charge in [-0.2, -0.15) is 0 Å². The van der Waals surface area contributed by atoms with Gasteiger partial charge in [0.25, 0.3) is 11.8 Å². The number of carboxylic acid groups (broad SMARTS) is 2. The van der Waals surface area contributed by atoms with E-state index in [2.05, 4.69) is 27.8 Å². The summed E-state index contributed by atoms with van der Waals surface area (Å²) in [5.74, 6) is -3.35. The van der Waals surface area contributed by atoms with Gasteiger partial charge in [-0.1, -0.05) is 5.16 Å². The number of carboxylic acids is 2. The van der Waals surface area contributed by atoms with E-state index >= 15 is 0 Å². The number of β-lactam (4-membered cyclic amide) rings is 2. The van der Waals surface area contributed by atoms with Crippen molar-refractivity contribution in [2.45, 2.75) is 49.7 Å². The summed E-state index contributed by atoms with van der Waals surface area (Å²) < 4.78 is 0.757. The van der Waals surface area contributed by atoms with Crippen LogP contribution in [0.4, 0.5) is 5.13 Å². The summed E-state index contributed by atoms with van der Waals surface area (Å²) in [4.78, 5) is 72.9. The molecule has 0 aliphatic carbocycles. The minimum Gasteiger partial charge on any atom is -0.543 e. The van der Waals surface area contributed by atoms with Gasteiger partial charge in [0.15, 0.2) is 10.8 Å². The quantitative estimate of drug-likeness (QED) is 0.0289. The second-order valence-corrected chi connectivity index (χ2v) is 16.2. The number of nitrogens with one attached hydrogen (secondary N) is 3. The van der Waals surface area contributed by atoms with Crippen molar-refractivity contribution in [2.24, 2.45) is 11.1 Å². The van der Waals surface area contributed by atoms with Gasteiger partial charge in [0.2, 0.25) is 5.91 Å². The van der Waals surface area contributed by atoms with Crippen molar-refractivity contribution in [1.82, 2.24) is 25.4 Å². The number of fused-ring (bicyclic) bond motifs is 2. The molecule has 0 aromatic carbocycles. The fraction of sp³-hybridized carbons (Fsp3) is 0.548. The number of thiazole rings is 1. The Bertz CT molecular complexity index is 1730. The maximum Gasteiger partial charge on any atom is 0.353 e. The number of thioether (sulfide) groups is 2. The molecule has 290 valence electrons. The third kappa shape index (κ3) is 8.46. The number of carbonyl (C=O) groups excluding carboxylic acids is 4.